The van der Waals surface area contributed by atoms with E-state index in [9.17, 15) is 4.79 Å². The molecular formula is C15H19NO5. The van der Waals surface area contributed by atoms with E-state index < -0.39 is 0 Å². The molecular weight excluding hydrogens is 274 g/mol. The molecule has 0 aromatic heterocycles. The fourth-order valence-corrected chi connectivity index (χ4v) is 2.51. The van der Waals surface area contributed by atoms with Crippen LogP contribution in [0.2, 0.25) is 0 Å². The van der Waals surface area contributed by atoms with E-state index in [0.29, 0.717) is 36.0 Å². The van der Waals surface area contributed by atoms with Crippen LogP contribution < -0.4 is 14.2 Å². The first-order valence-electron chi connectivity index (χ1n) is 7.15. The number of aldehydes is 1. The summed E-state index contributed by atoms with van der Waals surface area (Å²) in [6.07, 6.45) is 0.779. The predicted molar refractivity (Wildman–Crippen MR) is 75.3 cm³/mol. The minimum absolute atomic E-state index is 0.0172. The first-order valence-corrected chi connectivity index (χ1v) is 7.15. The maximum absolute atomic E-state index is 11.2. The molecule has 0 radical (unpaired) electrons. The van der Waals surface area contributed by atoms with Crippen LogP contribution in [0.15, 0.2) is 12.1 Å². The van der Waals surface area contributed by atoms with Gasteiger partial charge >= 0.3 is 0 Å². The Morgan fingerprint density at radius 3 is 2.95 bits per heavy atom. The average Bonchev–Trinajstić information content (AvgIpc) is 2.99. The maximum atomic E-state index is 11.2. The maximum Gasteiger partial charge on any atom is 0.231 e. The molecule has 0 bridgehead atoms. The number of nitrogens with zero attached hydrogens (tertiary/aromatic N) is 1. The minimum Gasteiger partial charge on any atom is -0.490 e. The van der Waals surface area contributed by atoms with Crippen LogP contribution in [0.3, 0.4) is 0 Å². The van der Waals surface area contributed by atoms with E-state index in [-0.39, 0.29) is 12.9 Å². The van der Waals surface area contributed by atoms with E-state index in [1.165, 1.54) is 0 Å². The van der Waals surface area contributed by atoms with Gasteiger partial charge in [0.2, 0.25) is 6.79 Å². The largest absolute Gasteiger partial charge is 0.490 e. The molecule has 0 saturated carbocycles. The average molecular weight is 293 g/mol. The second-order valence-electron chi connectivity index (χ2n) is 5.06. The Balaban J connectivity index is 1.66. The zero-order valence-corrected chi connectivity index (χ0v) is 12.0. The summed E-state index contributed by atoms with van der Waals surface area (Å²) in [5, 5.41) is 0. The van der Waals surface area contributed by atoms with Gasteiger partial charge in [0.05, 0.1) is 12.2 Å². The fourth-order valence-electron chi connectivity index (χ4n) is 2.51. The molecule has 6 heteroatoms. The van der Waals surface area contributed by atoms with Gasteiger partial charge in [0.1, 0.15) is 18.5 Å². The highest BCUT2D eigenvalue weighted by molar-refractivity contribution is 5.81. The second kappa shape index (κ2) is 6.32. The van der Waals surface area contributed by atoms with Crippen LogP contribution in [0.1, 0.15) is 17.3 Å². The van der Waals surface area contributed by atoms with Crippen molar-refractivity contribution in [3.8, 4) is 17.2 Å². The first kappa shape index (κ1) is 14.2. The highest BCUT2D eigenvalue weighted by Crippen LogP contribution is 2.37. The number of hydrogen-bond donors (Lipinski definition) is 0. The Kier molecular flexibility index (Phi) is 4.26. The molecule has 1 unspecified atom stereocenters. The van der Waals surface area contributed by atoms with Crippen LogP contribution in [-0.2, 0) is 4.74 Å². The molecule has 1 aromatic carbocycles. The quantitative estimate of drug-likeness (QED) is 0.763. The van der Waals surface area contributed by atoms with E-state index in [0.717, 1.165) is 25.9 Å². The zero-order chi connectivity index (χ0) is 14.7. The van der Waals surface area contributed by atoms with E-state index in [4.69, 9.17) is 18.9 Å². The van der Waals surface area contributed by atoms with Crippen molar-refractivity contribution in [2.45, 2.75) is 13.0 Å². The highest BCUT2D eigenvalue weighted by atomic mass is 16.7. The summed E-state index contributed by atoms with van der Waals surface area (Å²) in [5.41, 5.74) is 0.461. The van der Waals surface area contributed by atoms with Crippen molar-refractivity contribution in [3.05, 3.63) is 17.7 Å². The van der Waals surface area contributed by atoms with Crippen molar-refractivity contribution in [3.63, 3.8) is 0 Å². The van der Waals surface area contributed by atoms with Gasteiger partial charge in [-0.1, -0.05) is 6.92 Å². The van der Waals surface area contributed by atoms with Gasteiger partial charge in [-0.2, -0.15) is 0 Å². The van der Waals surface area contributed by atoms with Crippen LogP contribution in [0.25, 0.3) is 0 Å². The molecule has 1 atom stereocenters. The lowest BCUT2D eigenvalue weighted by Crippen LogP contribution is -2.44. The number of rotatable bonds is 5. The molecule has 6 nitrogen and oxygen atoms in total. The minimum atomic E-state index is 0.0172. The van der Waals surface area contributed by atoms with E-state index in [1.54, 1.807) is 12.1 Å². The Bertz CT molecular complexity index is 519. The molecule has 21 heavy (non-hydrogen) atoms. The predicted octanol–water partition coefficient (Wildman–Crippen LogP) is 1.33. The number of morpholine rings is 1. The van der Waals surface area contributed by atoms with Crippen LogP contribution >= 0.6 is 0 Å². The number of ether oxygens (including phenoxy) is 4. The summed E-state index contributed by atoms with van der Waals surface area (Å²) in [7, 11) is 0. The molecule has 114 valence electrons. The van der Waals surface area contributed by atoms with Crippen molar-refractivity contribution in [1.82, 2.24) is 4.90 Å². The highest BCUT2D eigenvalue weighted by Gasteiger charge is 2.22. The second-order valence-corrected chi connectivity index (χ2v) is 5.06. The van der Waals surface area contributed by atoms with Gasteiger partial charge in [-0.25, -0.2) is 0 Å². The normalized spacial score (nSPS) is 21.3. The summed E-state index contributed by atoms with van der Waals surface area (Å²) in [5.74, 6) is 1.69. The number of carbonyl (C=O) groups is 1. The van der Waals surface area contributed by atoms with Crippen LogP contribution in [-0.4, -0.2) is 56.9 Å². The summed E-state index contributed by atoms with van der Waals surface area (Å²) >= 11 is 0. The number of likely N-dealkylation sites (N-methyl/N-ethyl adjacent to an activating group) is 1. The molecule has 1 aromatic rings. The summed E-state index contributed by atoms with van der Waals surface area (Å²) in [6, 6.07) is 3.34. The number of benzene rings is 1. The standard InChI is InChI=1S/C15H19NO5/c1-2-16-3-4-18-12(7-16)9-19-13-6-15-14(20-10-21-15)5-11(13)8-17/h5-6,8,12H,2-4,7,9-10H2,1H3. The van der Waals surface area contributed by atoms with Gasteiger partial charge in [0.15, 0.2) is 17.8 Å². The van der Waals surface area contributed by atoms with E-state index in [1.807, 2.05) is 0 Å². The lowest BCUT2D eigenvalue weighted by Gasteiger charge is -2.31. The SMILES string of the molecule is CCN1CCOC(COc2cc3c(cc2C=O)OCO3)C1. The van der Waals surface area contributed by atoms with Gasteiger partial charge in [-0.3, -0.25) is 9.69 Å². The Labute approximate surface area is 123 Å². The van der Waals surface area contributed by atoms with Gasteiger partial charge < -0.3 is 18.9 Å². The Morgan fingerprint density at radius 2 is 2.19 bits per heavy atom. The fraction of sp³-hybridized carbons (Fsp3) is 0.533. The summed E-state index contributed by atoms with van der Waals surface area (Å²) in [6.45, 7) is 6.23. The number of fused-ring (bicyclic) bond motifs is 1. The number of carbonyl (C=O) groups excluding carboxylic acids is 1. The Morgan fingerprint density at radius 1 is 1.38 bits per heavy atom. The molecule has 2 aliphatic heterocycles. The Hall–Kier alpha value is -1.79. The third-order valence-electron chi connectivity index (χ3n) is 3.73. The lowest BCUT2D eigenvalue weighted by atomic mass is 10.2. The van der Waals surface area contributed by atoms with Crippen molar-refractivity contribution in [2.75, 3.05) is 39.6 Å². The third-order valence-corrected chi connectivity index (χ3v) is 3.73. The number of hydrogen-bond acceptors (Lipinski definition) is 6. The molecule has 0 aliphatic carbocycles. The van der Waals surface area contributed by atoms with Gasteiger partial charge in [-0.15, -0.1) is 0 Å². The third kappa shape index (κ3) is 3.11. The van der Waals surface area contributed by atoms with E-state index >= 15 is 0 Å². The molecule has 3 rings (SSSR count). The molecule has 0 N–H and O–H groups in total. The molecule has 1 saturated heterocycles. The van der Waals surface area contributed by atoms with Gasteiger partial charge in [0.25, 0.3) is 0 Å². The van der Waals surface area contributed by atoms with E-state index in [2.05, 4.69) is 11.8 Å². The molecule has 2 aliphatic rings. The molecule has 0 amide bonds. The molecule has 0 spiro atoms. The zero-order valence-electron chi connectivity index (χ0n) is 12.0. The smallest absolute Gasteiger partial charge is 0.231 e. The van der Waals surface area contributed by atoms with Crippen molar-refractivity contribution >= 4 is 6.29 Å². The molecule has 2 heterocycles. The van der Waals surface area contributed by atoms with Crippen LogP contribution in [0, 0.1) is 0 Å². The monoisotopic (exact) mass is 293 g/mol. The first-order chi connectivity index (χ1) is 10.3. The topological polar surface area (TPSA) is 57.2 Å². The van der Waals surface area contributed by atoms with Gasteiger partial charge in [0, 0.05) is 19.2 Å². The van der Waals surface area contributed by atoms with Crippen molar-refractivity contribution in [2.24, 2.45) is 0 Å². The lowest BCUT2D eigenvalue weighted by molar-refractivity contribution is -0.0464. The molecule has 1 fully saturated rings. The van der Waals surface area contributed by atoms with Crippen molar-refractivity contribution < 1.29 is 23.7 Å². The van der Waals surface area contributed by atoms with Crippen LogP contribution in [0.5, 0.6) is 17.2 Å². The van der Waals surface area contributed by atoms with Gasteiger partial charge in [-0.05, 0) is 12.6 Å². The van der Waals surface area contributed by atoms with Crippen molar-refractivity contribution in [1.29, 1.82) is 0 Å². The van der Waals surface area contributed by atoms with Crippen LogP contribution in [0.4, 0.5) is 0 Å². The summed E-state index contributed by atoms with van der Waals surface area (Å²) in [4.78, 5) is 13.5. The summed E-state index contributed by atoms with van der Waals surface area (Å²) < 4.78 is 22.0.